The number of methoxy groups -OCH3 is 1. The van der Waals surface area contributed by atoms with Gasteiger partial charge in [-0.1, -0.05) is 13.8 Å². The van der Waals surface area contributed by atoms with Crippen molar-refractivity contribution in [1.29, 1.82) is 0 Å². The van der Waals surface area contributed by atoms with Gasteiger partial charge in [-0.2, -0.15) is 11.8 Å². The second kappa shape index (κ2) is 6.69. The van der Waals surface area contributed by atoms with Gasteiger partial charge in [0, 0.05) is 17.5 Å². The minimum absolute atomic E-state index is 0.777. The van der Waals surface area contributed by atoms with Crippen molar-refractivity contribution >= 4 is 17.4 Å². The van der Waals surface area contributed by atoms with Crippen molar-refractivity contribution in [3.8, 4) is 5.75 Å². The van der Waals surface area contributed by atoms with E-state index in [0.29, 0.717) is 0 Å². The molecule has 0 amide bonds. The minimum Gasteiger partial charge on any atom is -0.497 e. The Morgan fingerprint density at radius 2 is 2.06 bits per heavy atom. The molecule has 0 heterocycles. The SMILES string of the molecule is COc1cc(N)cc(CSCCC(C)C)c1. The molecule has 1 aromatic carbocycles. The third-order valence-electron chi connectivity index (χ3n) is 2.33. The lowest BCUT2D eigenvalue weighted by molar-refractivity contribution is 0.414. The fraction of sp³-hybridized carbons (Fsp3) is 0.538. The summed E-state index contributed by atoms with van der Waals surface area (Å²) in [6.45, 7) is 4.51. The molecule has 1 rings (SSSR count). The predicted octanol–water partition coefficient (Wildman–Crippen LogP) is 3.56. The Labute approximate surface area is 103 Å². The number of hydrogen-bond acceptors (Lipinski definition) is 3. The van der Waals surface area contributed by atoms with Crippen molar-refractivity contribution < 1.29 is 4.74 Å². The van der Waals surface area contributed by atoms with Gasteiger partial charge in [0.05, 0.1) is 7.11 Å². The maximum absolute atomic E-state index is 5.80. The molecule has 1 aromatic rings. The molecule has 90 valence electrons. The number of nitrogens with two attached hydrogens (primary N) is 1. The summed E-state index contributed by atoms with van der Waals surface area (Å²) in [5.74, 6) is 3.84. The fourth-order valence-electron chi connectivity index (χ4n) is 1.40. The second-order valence-corrected chi connectivity index (χ2v) is 5.45. The highest BCUT2D eigenvalue weighted by Crippen LogP contribution is 2.22. The van der Waals surface area contributed by atoms with E-state index < -0.39 is 0 Å². The van der Waals surface area contributed by atoms with Crippen LogP contribution in [-0.4, -0.2) is 12.9 Å². The topological polar surface area (TPSA) is 35.2 Å². The van der Waals surface area contributed by atoms with E-state index in [0.717, 1.165) is 23.1 Å². The van der Waals surface area contributed by atoms with E-state index in [1.807, 2.05) is 23.9 Å². The maximum atomic E-state index is 5.80. The summed E-state index contributed by atoms with van der Waals surface area (Å²) in [4.78, 5) is 0. The molecule has 0 saturated heterocycles. The van der Waals surface area contributed by atoms with E-state index in [2.05, 4.69) is 19.9 Å². The van der Waals surface area contributed by atoms with Gasteiger partial charge in [-0.3, -0.25) is 0 Å². The zero-order chi connectivity index (χ0) is 12.0. The van der Waals surface area contributed by atoms with Gasteiger partial charge < -0.3 is 10.5 Å². The molecule has 0 unspecified atom stereocenters. The lowest BCUT2D eigenvalue weighted by Gasteiger charge is -2.07. The molecular weight excluding hydrogens is 218 g/mol. The van der Waals surface area contributed by atoms with Crippen LogP contribution in [0.5, 0.6) is 5.75 Å². The first-order chi connectivity index (χ1) is 7.61. The molecular formula is C13H21NOS. The molecule has 0 aliphatic carbocycles. The molecule has 0 saturated carbocycles. The van der Waals surface area contributed by atoms with Crippen LogP contribution in [0.25, 0.3) is 0 Å². The molecule has 2 N–H and O–H groups in total. The predicted molar refractivity (Wildman–Crippen MR) is 73.0 cm³/mol. The van der Waals surface area contributed by atoms with E-state index in [4.69, 9.17) is 10.5 Å². The van der Waals surface area contributed by atoms with Gasteiger partial charge in [0.25, 0.3) is 0 Å². The average molecular weight is 239 g/mol. The van der Waals surface area contributed by atoms with Crippen LogP contribution in [0.2, 0.25) is 0 Å². The number of benzene rings is 1. The van der Waals surface area contributed by atoms with Crippen LogP contribution in [0.3, 0.4) is 0 Å². The summed E-state index contributed by atoms with van der Waals surface area (Å²) in [5.41, 5.74) is 7.82. The van der Waals surface area contributed by atoms with Gasteiger partial charge in [0.1, 0.15) is 5.75 Å². The molecule has 3 heteroatoms. The van der Waals surface area contributed by atoms with Gasteiger partial charge >= 0.3 is 0 Å². The zero-order valence-corrected chi connectivity index (χ0v) is 11.1. The lowest BCUT2D eigenvalue weighted by Crippen LogP contribution is -1.93. The molecule has 0 atom stereocenters. The third-order valence-corrected chi connectivity index (χ3v) is 3.39. The van der Waals surface area contributed by atoms with E-state index in [9.17, 15) is 0 Å². The van der Waals surface area contributed by atoms with Crippen LogP contribution in [0, 0.1) is 5.92 Å². The van der Waals surface area contributed by atoms with Crippen molar-refractivity contribution in [3.05, 3.63) is 23.8 Å². The fourth-order valence-corrected chi connectivity index (χ4v) is 2.58. The monoisotopic (exact) mass is 239 g/mol. The van der Waals surface area contributed by atoms with E-state index in [1.165, 1.54) is 17.7 Å². The van der Waals surface area contributed by atoms with E-state index >= 15 is 0 Å². The summed E-state index contributed by atoms with van der Waals surface area (Å²) in [5, 5.41) is 0. The van der Waals surface area contributed by atoms with Crippen molar-refractivity contribution in [2.24, 2.45) is 5.92 Å². The van der Waals surface area contributed by atoms with Crippen LogP contribution in [0.15, 0.2) is 18.2 Å². The highest BCUT2D eigenvalue weighted by Gasteiger charge is 2.00. The molecule has 0 radical (unpaired) electrons. The van der Waals surface area contributed by atoms with Crippen LogP contribution >= 0.6 is 11.8 Å². The van der Waals surface area contributed by atoms with Crippen molar-refractivity contribution in [2.75, 3.05) is 18.6 Å². The smallest absolute Gasteiger partial charge is 0.121 e. The van der Waals surface area contributed by atoms with Gasteiger partial charge in [-0.15, -0.1) is 0 Å². The molecule has 0 bridgehead atoms. The highest BCUT2D eigenvalue weighted by molar-refractivity contribution is 7.98. The summed E-state index contributed by atoms with van der Waals surface area (Å²) < 4.78 is 5.19. The largest absolute Gasteiger partial charge is 0.497 e. The number of ether oxygens (including phenoxy) is 1. The molecule has 0 spiro atoms. The summed E-state index contributed by atoms with van der Waals surface area (Å²) >= 11 is 1.95. The Bertz CT molecular complexity index is 326. The van der Waals surface area contributed by atoms with Gasteiger partial charge in [0.15, 0.2) is 0 Å². The van der Waals surface area contributed by atoms with Crippen molar-refractivity contribution in [2.45, 2.75) is 26.0 Å². The molecule has 2 nitrogen and oxygen atoms in total. The minimum atomic E-state index is 0.777. The van der Waals surface area contributed by atoms with Gasteiger partial charge in [-0.25, -0.2) is 0 Å². The Kier molecular flexibility index (Phi) is 5.53. The standard InChI is InChI=1S/C13H21NOS/c1-10(2)4-5-16-9-11-6-12(14)8-13(7-11)15-3/h6-8,10H,4-5,9,14H2,1-3H3. The van der Waals surface area contributed by atoms with Crippen LogP contribution in [-0.2, 0) is 5.75 Å². The molecule has 0 aliphatic rings. The average Bonchev–Trinajstić information content (AvgIpc) is 2.23. The van der Waals surface area contributed by atoms with Crippen LogP contribution < -0.4 is 10.5 Å². The number of anilines is 1. The van der Waals surface area contributed by atoms with Crippen LogP contribution in [0.1, 0.15) is 25.8 Å². The Hall–Kier alpha value is -0.830. The summed E-state index contributed by atoms with van der Waals surface area (Å²) in [6.07, 6.45) is 1.27. The van der Waals surface area contributed by atoms with Gasteiger partial charge in [-0.05, 0) is 35.8 Å². The quantitative estimate of drug-likeness (QED) is 0.609. The number of rotatable bonds is 6. The zero-order valence-electron chi connectivity index (χ0n) is 10.3. The van der Waals surface area contributed by atoms with E-state index in [-0.39, 0.29) is 0 Å². The summed E-state index contributed by atoms with van der Waals surface area (Å²) in [6, 6.07) is 5.92. The Balaban J connectivity index is 2.44. The van der Waals surface area contributed by atoms with Crippen molar-refractivity contribution in [1.82, 2.24) is 0 Å². The van der Waals surface area contributed by atoms with E-state index in [1.54, 1.807) is 7.11 Å². The molecule has 0 fully saturated rings. The Morgan fingerprint density at radius 1 is 1.31 bits per heavy atom. The third kappa shape index (κ3) is 4.79. The first-order valence-electron chi connectivity index (χ1n) is 5.63. The number of nitrogen functional groups attached to an aromatic ring is 1. The lowest BCUT2D eigenvalue weighted by atomic mass is 10.2. The first-order valence-corrected chi connectivity index (χ1v) is 6.78. The number of thioether (sulfide) groups is 1. The van der Waals surface area contributed by atoms with Gasteiger partial charge in [0.2, 0.25) is 0 Å². The second-order valence-electron chi connectivity index (χ2n) is 4.35. The summed E-state index contributed by atoms with van der Waals surface area (Å²) in [7, 11) is 1.67. The molecule has 0 aliphatic heterocycles. The number of hydrogen-bond donors (Lipinski definition) is 1. The molecule has 16 heavy (non-hydrogen) atoms. The van der Waals surface area contributed by atoms with Crippen molar-refractivity contribution in [3.63, 3.8) is 0 Å². The maximum Gasteiger partial charge on any atom is 0.121 e. The molecule has 0 aromatic heterocycles. The first kappa shape index (κ1) is 13.2. The Morgan fingerprint density at radius 3 is 2.69 bits per heavy atom. The highest BCUT2D eigenvalue weighted by atomic mass is 32.2. The normalized spacial score (nSPS) is 10.8. The van der Waals surface area contributed by atoms with Crippen LogP contribution in [0.4, 0.5) is 5.69 Å².